The Morgan fingerprint density at radius 2 is 2.00 bits per heavy atom. The maximum Gasteiger partial charge on any atom is 0.331 e. The average molecular weight is 323 g/mol. The Bertz CT molecular complexity index is 856. The van der Waals surface area contributed by atoms with Crippen molar-refractivity contribution in [2.24, 2.45) is 0 Å². The number of halogens is 1. The molecule has 0 unspecified atom stereocenters. The Hall–Kier alpha value is -3.21. The summed E-state index contributed by atoms with van der Waals surface area (Å²) in [5.41, 5.74) is 1.95. The van der Waals surface area contributed by atoms with Gasteiger partial charge in [0.15, 0.2) is 0 Å². The molecule has 3 aromatic rings. The van der Waals surface area contributed by atoms with Gasteiger partial charge < -0.3 is 9.15 Å². The van der Waals surface area contributed by atoms with Crippen LogP contribution in [-0.2, 0) is 16.1 Å². The van der Waals surface area contributed by atoms with Crippen molar-refractivity contribution in [1.82, 2.24) is 4.98 Å². The molecule has 0 radical (unpaired) electrons. The van der Waals surface area contributed by atoms with Crippen molar-refractivity contribution in [2.75, 3.05) is 0 Å². The zero-order valence-electron chi connectivity index (χ0n) is 12.7. The van der Waals surface area contributed by atoms with Crippen LogP contribution in [0.25, 0.3) is 17.5 Å². The van der Waals surface area contributed by atoms with Crippen LogP contribution in [-0.4, -0.2) is 11.0 Å². The molecule has 0 fully saturated rings. The van der Waals surface area contributed by atoms with Gasteiger partial charge in [-0.15, -0.1) is 0 Å². The minimum absolute atomic E-state index is 0.00264. The van der Waals surface area contributed by atoms with Crippen molar-refractivity contribution >= 4 is 12.0 Å². The van der Waals surface area contributed by atoms with Gasteiger partial charge in [0, 0.05) is 11.6 Å². The van der Waals surface area contributed by atoms with Crippen molar-refractivity contribution in [2.45, 2.75) is 6.61 Å². The number of hydrogen-bond acceptors (Lipinski definition) is 4. The first-order chi connectivity index (χ1) is 11.7. The number of benzene rings is 2. The molecule has 0 amide bonds. The van der Waals surface area contributed by atoms with Crippen LogP contribution in [0, 0.1) is 5.82 Å². The summed E-state index contributed by atoms with van der Waals surface area (Å²) in [4.78, 5) is 16.0. The quantitative estimate of drug-likeness (QED) is 0.520. The van der Waals surface area contributed by atoms with E-state index >= 15 is 0 Å². The molecule has 1 aromatic heterocycles. The molecule has 0 atom stereocenters. The van der Waals surface area contributed by atoms with E-state index in [1.54, 1.807) is 12.1 Å². The van der Waals surface area contributed by atoms with Gasteiger partial charge in [-0.05, 0) is 35.9 Å². The maximum atomic E-state index is 13.0. The number of ether oxygens (including phenoxy) is 1. The van der Waals surface area contributed by atoms with E-state index in [9.17, 15) is 9.18 Å². The molecule has 0 saturated heterocycles. The van der Waals surface area contributed by atoms with Crippen LogP contribution >= 0.6 is 0 Å². The van der Waals surface area contributed by atoms with Crippen molar-refractivity contribution in [3.8, 4) is 11.5 Å². The molecule has 0 N–H and O–H groups in total. The highest BCUT2D eigenvalue weighted by Gasteiger charge is 2.07. The molecule has 0 saturated carbocycles. The molecular formula is C19H14FNO3. The summed E-state index contributed by atoms with van der Waals surface area (Å²) in [6.45, 7) is 0.00264. The predicted molar refractivity (Wildman–Crippen MR) is 87.2 cm³/mol. The van der Waals surface area contributed by atoms with Crippen LogP contribution in [0.5, 0.6) is 0 Å². The predicted octanol–water partition coefficient (Wildman–Crippen LogP) is 4.24. The number of oxazole rings is 1. The Morgan fingerprint density at radius 1 is 1.17 bits per heavy atom. The molecule has 3 rings (SSSR count). The average Bonchev–Trinajstić information content (AvgIpc) is 3.08. The van der Waals surface area contributed by atoms with Crippen LogP contribution in [0.4, 0.5) is 4.39 Å². The summed E-state index contributed by atoms with van der Waals surface area (Å²) in [6.07, 6.45) is 4.18. The second-order valence-electron chi connectivity index (χ2n) is 5.01. The number of esters is 1. The standard InChI is InChI=1S/C19H14FNO3/c20-16-8-4-5-14(11-16)9-10-18(22)23-12-17-13-24-19(21-17)15-6-2-1-3-7-15/h1-11,13H,12H2/b10-9+. The molecule has 120 valence electrons. The first kappa shape index (κ1) is 15.7. The number of nitrogens with zero attached hydrogens (tertiary/aromatic N) is 1. The molecule has 0 aliphatic carbocycles. The smallest absolute Gasteiger partial charge is 0.331 e. The van der Waals surface area contributed by atoms with E-state index in [-0.39, 0.29) is 12.4 Å². The third kappa shape index (κ3) is 4.16. The van der Waals surface area contributed by atoms with Gasteiger partial charge in [-0.25, -0.2) is 14.2 Å². The first-order valence-corrected chi connectivity index (χ1v) is 7.31. The van der Waals surface area contributed by atoms with E-state index in [1.165, 1.54) is 30.5 Å². The molecular weight excluding hydrogens is 309 g/mol. The fourth-order valence-electron chi connectivity index (χ4n) is 2.05. The van der Waals surface area contributed by atoms with E-state index < -0.39 is 5.97 Å². The highest BCUT2D eigenvalue weighted by Crippen LogP contribution is 2.18. The molecule has 0 aliphatic rings. The molecule has 4 nitrogen and oxygen atoms in total. The number of rotatable bonds is 5. The highest BCUT2D eigenvalue weighted by molar-refractivity contribution is 5.87. The Labute approximate surface area is 138 Å². The normalized spacial score (nSPS) is 10.9. The lowest BCUT2D eigenvalue weighted by molar-refractivity contribution is -0.139. The summed E-state index contributed by atoms with van der Waals surface area (Å²) < 4.78 is 23.5. The van der Waals surface area contributed by atoms with E-state index in [0.717, 1.165) is 5.56 Å². The van der Waals surface area contributed by atoms with Crippen LogP contribution in [0.1, 0.15) is 11.3 Å². The second-order valence-corrected chi connectivity index (χ2v) is 5.01. The zero-order chi connectivity index (χ0) is 16.8. The third-order valence-corrected chi connectivity index (χ3v) is 3.20. The van der Waals surface area contributed by atoms with Crippen molar-refractivity contribution in [1.29, 1.82) is 0 Å². The monoisotopic (exact) mass is 323 g/mol. The fraction of sp³-hybridized carbons (Fsp3) is 0.0526. The van der Waals surface area contributed by atoms with Gasteiger partial charge in [-0.2, -0.15) is 0 Å². The van der Waals surface area contributed by atoms with Gasteiger partial charge in [0.1, 0.15) is 24.4 Å². The molecule has 0 bridgehead atoms. The first-order valence-electron chi connectivity index (χ1n) is 7.31. The van der Waals surface area contributed by atoms with Crippen LogP contribution in [0.2, 0.25) is 0 Å². The van der Waals surface area contributed by atoms with E-state index in [0.29, 0.717) is 17.1 Å². The number of carbonyl (C=O) groups is 1. The molecule has 24 heavy (non-hydrogen) atoms. The minimum Gasteiger partial charge on any atom is -0.456 e. The topological polar surface area (TPSA) is 52.3 Å². The van der Waals surface area contributed by atoms with Crippen molar-refractivity contribution < 1.29 is 18.3 Å². The Morgan fingerprint density at radius 3 is 2.79 bits per heavy atom. The van der Waals surface area contributed by atoms with Crippen LogP contribution < -0.4 is 0 Å². The lowest BCUT2D eigenvalue weighted by Crippen LogP contribution is -2.00. The number of aromatic nitrogens is 1. The summed E-state index contributed by atoms with van der Waals surface area (Å²) in [6, 6.07) is 15.4. The number of carbonyl (C=O) groups excluding carboxylic acids is 1. The largest absolute Gasteiger partial charge is 0.456 e. The molecule has 0 spiro atoms. The molecule has 0 aliphatic heterocycles. The van der Waals surface area contributed by atoms with Gasteiger partial charge in [0.2, 0.25) is 5.89 Å². The van der Waals surface area contributed by atoms with E-state index in [1.807, 2.05) is 30.3 Å². The summed E-state index contributed by atoms with van der Waals surface area (Å²) in [5, 5.41) is 0. The van der Waals surface area contributed by atoms with Gasteiger partial charge >= 0.3 is 5.97 Å². The van der Waals surface area contributed by atoms with Crippen LogP contribution in [0.15, 0.2) is 71.4 Å². The molecule has 5 heteroatoms. The van der Waals surface area contributed by atoms with Crippen LogP contribution in [0.3, 0.4) is 0 Å². The Kier molecular flexibility index (Phi) is 4.81. The maximum absolute atomic E-state index is 13.0. The van der Waals surface area contributed by atoms with Crippen molar-refractivity contribution in [3.05, 3.63) is 84.0 Å². The lowest BCUT2D eigenvalue weighted by atomic mass is 10.2. The van der Waals surface area contributed by atoms with Gasteiger partial charge in [-0.3, -0.25) is 0 Å². The highest BCUT2D eigenvalue weighted by atomic mass is 19.1. The van der Waals surface area contributed by atoms with Gasteiger partial charge in [-0.1, -0.05) is 30.3 Å². The van der Waals surface area contributed by atoms with E-state index in [4.69, 9.17) is 9.15 Å². The van der Waals surface area contributed by atoms with E-state index in [2.05, 4.69) is 4.98 Å². The zero-order valence-corrected chi connectivity index (χ0v) is 12.7. The SMILES string of the molecule is O=C(/C=C/c1cccc(F)c1)OCc1coc(-c2ccccc2)n1. The summed E-state index contributed by atoms with van der Waals surface area (Å²) in [5.74, 6) is -0.429. The van der Waals surface area contributed by atoms with Gasteiger partial charge in [0.25, 0.3) is 0 Å². The minimum atomic E-state index is -0.538. The summed E-state index contributed by atoms with van der Waals surface area (Å²) in [7, 11) is 0. The Balaban J connectivity index is 1.56. The number of hydrogen-bond donors (Lipinski definition) is 0. The molecule has 1 heterocycles. The molecule has 2 aromatic carbocycles. The fourth-order valence-corrected chi connectivity index (χ4v) is 2.05. The van der Waals surface area contributed by atoms with Crippen molar-refractivity contribution in [3.63, 3.8) is 0 Å². The van der Waals surface area contributed by atoms with Gasteiger partial charge in [0.05, 0.1) is 0 Å². The summed E-state index contributed by atoms with van der Waals surface area (Å²) >= 11 is 0. The second kappa shape index (κ2) is 7.37. The third-order valence-electron chi connectivity index (χ3n) is 3.20. The lowest BCUT2D eigenvalue weighted by Gasteiger charge is -1.98.